The van der Waals surface area contributed by atoms with Crippen LogP contribution < -0.4 is 11.1 Å². The molecule has 1 aromatic carbocycles. The molecule has 6 rings (SSSR count). The molecule has 1 saturated heterocycles. The summed E-state index contributed by atoms with van der Waals surface area (Å²) < 4.78 is 41.3. The van der Waals surface area contributed by atoms with Gasteiger partial charge in [-0.2, -0.15) is 13.2 Å². The van der Waals surface area contributed by atoms with Gasteiger partial charge in [-0.15, -0.1) is 0 Å². The van der Waals surface area contributed by atoms with Crippen LogP contribution in [-0.4, -0.2) is 73.9 Å². The van der Waals surface area contributed by atoms with E-state index in [9.17, 15) is 22.8 Å². The fraction of sp³-hybridized carbons (Fsp3) is 0.344. The first-order valence-corrected chi connectivity index (χ1v) is 14.7. The number of rotatable bonds is 8. The van der Waals surface area contributed by atoms with Crippen molar-refractivity contribution in [3.8, 4) is 11.1 Å². The zero-order chi connectivity index (χ0) is 31.9. The lowest BCUT2D eigenvalue weighted by molar-refractivity contribution is -0.137. The van der Waals surface area contributed by atoms with Crippen molar-refractivity contribution in [2.24, 2.45) is 0 Å². The lowest BCUT2D eigenvalue weighted by atomic mass is 10.0. The zero-order valence-corrected chi connectivity index (χ0v) is 24.9. The van der Waals surface area contributed by atoms with E-state index in [-0.39, 0.29) is 23.3 Å². The van der Waals surface area contributed by atoms with Gasteiger partial charge in [0.05, 0.1) is 17.0 Å². The Morgan fingerprint density at radius 1 is 1.11 bits per heavy atom. The first-order valence-electron chi connectivity index (χ1n) is 14.7. The Bertz CT molecular complexity index is 1780. The van der Waals surface area contributed by atoms with E-state index in [0.717, 1.165) is 48.1 Å². The topological polar surface area (TPSA) is 122 Å². The molecule has 1 aliphatic carbocycles. The Morgan fingerprint density at radius 2 is 1.87 bits per heavy atom. The number of nitrogens with two attached hydrogens (primary N) is 1. The monoisotopic (exact) mass is 618 g/mol. The second-order valence-electron chi connectivity index (χ2n) is 11.5. The number of anilines is 2. The van der Waals surface area contributed by atoms with E-state index in [1.54, 1.807) is 30.3 Å². The molecule has 234 valence electrons. The first-order chi connectivity index (χ1) is 21.5. The number of pyridine rings is 1. The van der Waals surface area contributed by atoms with Gasteiger partial charge in [0.1, 0.15) is 23.6 Å². The lowest BCUT2D eigenvalue weighted by Crippen LogP contribution is -2.28. The fourth-order valence-electron chi connectivity index (χ4n) is 5.97. The van der Waals surface area contributed by atoms with Crippen LogP contribution in [0.5, 0.6) is 0 Å². The van der Waals surface area contributed by atoms with E-state index >= 15 is 0 Å². The number of fused-ring (bicyclic) bond motifs is 1. The standard InChI is InChI=1S/C32H33F3N8O2/c1-19-27(20-5-7-21(8-6-20)31(45)40-25-16-22(11-13-37-25)32(33,34)35)28-29(36)38-18-39-30(28)43(19)24-12-15-42(17-24)26(44)4-3-14-41(2)23-9-10-23/h3-8,11,13,16,18,23-24H,9-10,12,14-15,17H2,1-2H3,(H2,36,38,39)(H,37,40,45). The molecule has 2 fully saturated rings. The minimum atomic E-state index is -4.55. The van der Waals surface area contributed by atoms with Crippen molar-refractivity contribution in [1.29, 1.82) is 0 Å². The molecule has 0 spiro atoms. The molecule has 2 amide bonds. The average Bonchev–Trinajstić information content (AvgIpc) is 3.68. The third-order valence-electron chi connectivity index (χ3n) is 8.49. The highest BCUT2D eigenvalue weighted by molar-refractivity contribution is 6.05. The summed E-state index contributed by atoms with van der Waals surface area (Å²) in [5.41, 5.74) is 8.83. The number of nitrogens with one attached hydrogen (secondary N) is 1. The fourth-order valence-corrected chi connectivity index (χ4v) is 5.97. The van der Waals surface area contributed by atoms with E-state index in [2.05, 4.69) is 36.8 Å². The third kappa shape index (κ3) is 6.25. The minimum Gasteiger partial charge on any atom is -0.383 e. The molecular formula is C32H33F3N8O2. The average molecular weight is 619 g/mol. The van der Waals surface area contributed by atoms with E-state index < -0.39 is 17.6 Å². The van der Waals surface area contributed by atoms with Gasteiger partial charge in [-0.05, 0) is 63.1 Å². The van der Waals surface area contributed by atoms with Crippen LogP contribution in [0.2, 0.25) is 0 Å². The molecular weight excluding hydrogens is 585 g/mol. The van der Waals surface area contributed by atoms with Crippen LogP contribution in [0, 0.1) is 6.92 Å². The predicted molar refractivity (Wildman–Crippen MR) is 164 cm³/mol. The molecule has 2 aliphatic rings. The van der Waals surface area contributed by atoms with E-state index in [1.165, 1.54) is 19.2 Å². The van der Waals surface area contributed by atoms with Gasteiger partial charge in [-0.25, -0.2) is 15.0 Å². The molecule has 45 heavy (non-hydrogen) atoms. The number of nitrogens with zero attached hydrogens (tertiary/aromatic N) is 6. The number of likely N-dealkylation sites (tertiary alicyclic amines) is 1. The van der Waals surface area contributed by atoms with E-state index in [1.807, 2.05) is 17.9 Å². The summed E-state index contributed by atoms with van der Waals surface area (Å²) in [6.45, 7) is 3.86. The smallest absolute Gasteiger partial charge is 0.383 e. The largest absolute Gasteiger partial charge is 0.416 e. The number of carbonyl (C=O) groups is 2. The molecule has 13 heteroatoms. The van der Waals surface area contributed by atoms with Crippen LogP contribution in [0.3, 0.4) is 0 Å². The second kappa shape index (κ2) is 12.0. The van der Waals surface area contributed by atoms with Crippen LogP contribution >= 0.6 is 0 Å². The molecule has 1 atom stereocenters. The van der Waals surface area contributed by atoms with Crippen molar-refractivity contribution < 1.29 is 22.8 Å². The van der Waals surface area contributed by atoms with Crippen molar-refractivity contribution in [2.45, 2.75) is 44.4 Å². The molecule has 4 heterocycles. The van der Waals surface area contributed by atoms with Crippen LogP contribution in [0.15, 0.2) is 61.1 Å². The number of aromatic nitrogens is 4. The Labute approximate surface area is 257 Å². The molecule has 1 aliphatic heterocycles. The Hall–Kier alpha value is -4.78. The number of benzene rings is 1. The molecule has 4 aromatic rings. The number of likely N-dealkylation sites (N-methyl/N-ethyl adjacent to an activating group) is 1. The maximum Gasteiger partial charge on any atom is 0.416 e. The van der Waals surface area contributed by atoms with Crippen LogP contribution in [0.25, 0.3) is 22.2 Å². The third-order valence-corrected chi connectivity index (χ3v) is 8.49. The molecule has 0 bridgehead atoms. The maximum absolute atomic E-state index is 13.1. The highest BCUT2D eigenvalue weighted by atomic mass is 19.4. The molecule has 0 radical (unpaired) electrons. The number of nitrogen functional groups attached to an aromatic ring is 1. The van der Waals surface area contributed by atoms with Crippen molar-refractivity contribution in [1.82, 2.24) is 29.3 Å². The molecule has 3 N–H and O–H groups in total. The summed E-state index contributed by atoms with van der Waals surface area (Å²) in [5, 5.41) is 3.10. The van der Waals surface area contributed by atoms with Crippen molar-refractivity contribution >= 4 is 34.5 Å². The van der Waals surface area contributed by atoms with Gasteiger partial charge in [-0.1, -0.05) is 18.2 Å². The summed E-state index contributed by atoms with van der Waals surface area (Å²) in [6, 6.07) is 8.91. The van der Waals surface area contributed by atoms with Gasteiger partial charge in [0, 0.05) is 54.8 Å². The normalized spacial score (nSPS) is 17.1. The Kier molecular flexibility index (Phi) is 8.04. The quantitative estimate of drug-likeness (QED) is 0.264. The van der Waals surface area contributed by atoms with Gasteiger partial charge < -0.3 is 20.5 Å². The molecule has 3 aromatic heterocycles. The number of halogens is 3. The summed E-state index contributed by atoms with van der Waals surface area (Å²) in [7, 11) is 2.07. The van der Waals surface area contributed by atoms with Gasteiger partial charge in [0.15, 0.2) is 0 Å². The van der Waals surface area contributed by atoms with Crippen LogP contribution in [0.1, 0.15) is 46.9 Å². The maximum atomic E-state index is 13.1. The minimum absolute atomic E-state index is 0.0145. The number of amides is 2. The Morgan fingerprint density at radius 3 is 2.58 bits per heavy atom. The summed E-state index contributed by atoms with van der Waals surface area (Å²) in [5.74, 6) is -0.505. The van der Waals surface area contributed by atoms with Crippen molar-refractivity contribution in [3.05, 3.63) is 77.9 Å². The SMILES string of the molecule is Cc1c(-c2ccc(C(=O)Nc3cc(C(F)(F)F)ccn3)cc2)c2c(N)ncnc2n1C1CCN(C(=O)C=CCN(C)C2CC2)C1. The van der Waals surface area contributed by atoms with Gasteiger partial charge in [0.2, 0.25) is 5.91 Å². The highest BCUT2D eigenvalue weighted by Crippen LogP contribution is 2.40. The van der Waals surface area contributed by atoms with Crippen molar-refractivity contribution in [2.75, 3.05) is 37.7 Å². The van der Waals surface area contributed by atoms with Gasteiger partial charge >= 0.3 is 6.18 Å². The van der Waals surface area contributed by atoms with Crippen LogP contribution in [-0.2, 0) is 11.0 Å². The molecule has 10 nitrogen and oxygen atoms in total. The number of hydrogen-bond acceptors (Lipinski definition) is 7. The Balaban J connectivity index is 1.22. The summed E-state index contributed by atoms with van der Waals surface area (Å²) in [4.78, 5) is 42.5. The van der Waals surface area contributed by atoms with Gasteiger partial charge in [0.25, 0.3) is 5.91 Å². The molecule has 1 unspecified atom stereocenters. The zero-order valence-electron chi connectivity index (χ0n) is 24.9. The van der Waals surface area contributed by atoms with E-state index in [4.69, 9.17) is 5.73 Å². The lowest BCUT2D eigenvalue weighted by Gasteiger charge is -2.18. The summed E-state index contributed by atoms with van der Waals surface area (Å²) in [6.07, 6.45) is 4.63. The van der Waals surface area contributed by atoms with Crippen molar-refractivity contribution in [3.63, 3.8) is 0 Å². The number of carbonyl (C=O) groups excluding carboxylic acids is 2. The van der Waals surface area contributed by atoms with Crippen LogP contribution in [0.4, 0.5) is 24.8 Å². The van der Waals surface area contributed by atoms with E-state index in [0.29, 0.717) is 36.0 Å². The second-order valence-corrected chi connectivity index (χ2v) is 11.5. The van der Waals surface area contributed by atoms with Gasteiger partial charge in [-0.3, -0.25) is 14.5 Å². The predicted octanol–water partition coefficient (Wildman–Crippen LogP) is 5.08. The summed E-state index contributed by atoms with van der Waals surface area (Å²) >= 11 is 0. The number of alkyl halides is 3. The first kappa shape index (κ1) is 30.3. The molecule has 1 saturated carbocycles. The number of hydrogen-bond donors (Lipinski definition) is 2. The highest BCUT2D eigenvalue weighted by Gasteiger charge is 2.32.